The molecule has 1 atom stereocenters. The number of hydrogen-bond donors (Lipinski definition) is 1. The lowest BCUT2D eigenvalue weighted by Gasteiger charge is -2.34. The highest BCUT2D eigenvalue weighted by Gasteiger charge is 2.27. The number of thiophene rings is 1. The number of fused-ring (bicyclic) bond motifs is 4. The molecular weight excluding hydrogens is 346 g/mol. The van der Waals surface area contributed by atoms with Crippen LogP contribution in [0.4, 0.5) is 0 Å². The van der Waals surface area contributed by atoms with E-state index < -0.39 is 0 Å². The molecule has 0 bridgehead atoms. The minimum atomic E-state index is -0.206. The molecule has 0 aliphatic carbocycles. The van der Waals surface area contributed by atoms with Gasteiger partial charge < -0.3 is 9.40 Å². The topological polar surface area (TPSA) is 62.1 Å². The molecule has 1 aromatic carbocycles. The first-order chi connectivity index (χ1) is 12.7. The Morgan fingerprint density at radius 1 is 1.35 bits per heavy atom. The van der Waals surface area contributed by atoms with Gasteiger partial charge in [-0.05, 0) is 42.0 Å². The zero-order valence-corrected chi connectivity index (χ0v) is 15.3. The number of hydrogen-bond acceptors (Lipinski definition) is 5. The summed E-state index contributed by atoms with van der Waals surface area (Å²) in [6.07, 6.45) is 2.11. The summed E-state index contributed by atoms with van der Waals surface area (Å²) in [5, 5.41) is 3.07. The van der Waals surface area contributed by atoms with Crippen LogP contribution >= 0.6 is 11.3 Å². The molecule has 26 heavy (non-hydrogen) atoms. The number of nitrogens with one attached hydrogen (secondary N) is 1. The molecule has 0 saturated heterocycles. The number of aromatic amines is 1. The third kappa shape index (κ3) is 2.40. The largest absolute Gasteiger partial charge is 0.449 e. The standard InChI is InChI=1S/C20H19N3O2S/c1-2-14-12-8-10-26-16(12)7-9-23(14)11-17-21-18-13-5-3-4-6-15(13)25-19(18)20(24)22-17/h3-6,8,10,14H,2,7,9,11H2,1H3,(H,21,22,24)/t14-/m1/s1. The van der Waals surface area contributed by atoms with Gasteiger partial charge in [0.25, 0.3) is 5.56 Å². The summed E-state index contributed by atoms with van der Waals surface area (Å²) in [5.74, 6) is 0.700. The Morgan fingerprint density at radius 2 is 2.23 bits per heavy atom. The van der Waals surface area contributed by atoms with Crippen molar-refractivity contribution >= 4 is 33.4 Å². The van der Waals surface area contributed by atoms with Gasteiger partial charge in [0.2, 0.25) is 5.58 Å². The number of nitrogens with zero attached hydrogens (tertiary/aromatic N) is 2. The molecule has 0 amide bonds. The number of H-pyrrole nitrogens is 1. The van der Waals surface area contributed by atoms with Gasteiger partial charge in [-0.1, -0.05) is 19.1 Å². The first kappa shape index (κ1) is 15.8. The molecule has 0 fully saturated rings. The Kier molecular flexibility index (Phi) is 3.69. The molecule has 0 spiro atoms. The smallest absolute Gasteiger partial charge is 0.294 e. The fourth-order valence-electron chi connectivity index (χ4n) is 4.03. The molecule has 1 aliphatic heterocycles. The van der Waals surface area contributed by atoms with Gasteiger partial charge in [0.05, 0.1) is 6.54 Å². The van der Waals surface area contributed by atoms with Gasteiger partial charge in [-0.2, -0.15) is 0 Å². The highest BCUT2D eigenvalue weighted by molar-refractivity contribution is 7.10. The number of benzene rings is 1. The van der Waals surface area contributed by atoms with Crippen molar-refractivity contribution in [2.45, 2.75) is 32.4 Å². The summed E-state index contributed by atoms with van der Waals surface area (Å²) in [7, 11) is 0. The van der Waals surface area contributed by atoms with Crippen molar-refractivity contribution in [2.75, 3.05) is 6.54 Å². The molecule has 3 aromatic heterocycles. The summed E-state index contributed by atoms with van der Waals surface area (Å²) >= 11 is 1.85. The quantitative estimate of drug-likeness (QED) is 0.590. The molecule has 1 N–H and O–H groups in total. The molecular formula is C20H19N3O2S. The van der Waals surface area contributed by atoms with Crippen LogP contribution in [0.15, 0.2) is 44.9 Å². The third-order valence-electron chi connectivity index (χ3n) is 5.23. The van der Waals surface area contributed by atoms with Crippen LogP contribution in [0.3, 0.4) is 0 Å². The SMILES string of the molecule is CC[C@@H]1c2ccsc2CCN1Cc1nc2c(oc3ccccc32)c(=O)[nH]1. The Labute approximate surface area is 154 Å². The van der Waals surface area contributed by atoms with Crippen LogP contribution in [-0.4, -0.2) is 21.4 Å². The molecule has 5 rings (SSSR count). The Balaban J connectivity index is 1.55. The molecule has 0 unspecified atom stereocenters. The van der Waals surface area contributed by atoms with Gasteiger partial charge in [-0.25, -0.2) is 4.98 Å². The summed E-state index contributed by atoms with van der Waals surface area (Å²) in [6, 6.07) is 10.3. The zero-order valence-electron chi connectivity index (χ0n) is 14.5. The minimum absolute atomic E-state index is 0.206. The average molecular weight is 365 g/mol. The van der Waals surface area contributed by atoms with Crippen LogP contribution in [0.1, 0.15) is 35.7 Å². The van der Waals surface area contributed by atoms with E-state index in [1.54, 1.807) is 0 Å². The number of aromatic nitrogens is 2. The summed E-state index contributed by atoms with van der Waals surface area (Å²) in [6.45, 7) is 3.84. The second-order valence-electron chi connectivity index (χ2n) is 6.73. The predicted octanol–water partition coefficient (Wildman–Crippen LogP) is 4.24. The second kappa shape index (κ2) is 6.07. The summed E-state index contributed by atoms with van der Waals surface area (Å²) in [5.41, 5.74) is 2.88. The first-order valence-electron chi connectivity index (χ1n) is 8.95. The fourth-order valence-corrected chi connectivity index (χ4v) is 4.96. The minimum Gasteiger partial charge on any atom is -0.449 e. The number of furan rings is 1. The van der Waals surface area contributed by atoms with Gasteiger partial charge in [0.15, 0.2) is 0 Å². The third-order valence-corrected chi connectivity index (χ3v) is 6.22. The van der Waals surface area contributed by atoms with Crippen LogP contribution in [0.25, 0.3) is 22.1 Å². The van der Waals surface area contributed by atoms with Crippen molar-refractivity contribution in [3.63, 3.8) is 0 Å². The van der Waals surface area contributed by atoms with Crippen LogP contribution in [0.5, 0.6) is 0 Å². The van der Waals surface area contributed by atoms with E-state index in [1.165, 1.54) is 10.4 Å². The maximum Gasteiger partial charge on any atom is 0.294 e. The lowest BCUT2D eigenvalue weighted by Crippen LogP contribution is -2.35. The molecule has 0 radical (unpaired) electrons. The van der Waals surface area contributed by atoms with Crippen molar-refractivity contribution in [3.05, 3.63) is 62.3 Å². The van der Waals surface area contributed by atoms with Crippen molar-refractivity contribution < 1.29 is 4.42 Å². The van der Waals surface area contributed by atoms with Crippen molar-refractivity contribution in [2.24, 2.45) is 0 Å². The van der Waals surface area contributed by atoms with Crippen molar-refractivity contribution in [1.29, 1.82) is 0 Å². The average Bonchev–Trinajstić information content (AvgIpc) is 3.26. The highest BCUT2D eigenvalue weighted by Crippen LogP contribution is 2.35. The van der Waals surface area contributed by atoms with Crippen LogP contribution in [0, 0.1) is 0 Å². The second-order valence-corrected chi connectivity index (χ2v) is 7.73. The van der Waals surface area contributed by atoms with E-state index in [9.17, 15) is 4.79 Å². The molecule has 4 heterocycles. The molecule has 5 nitrogen and oxygen atoms in total. The first-order valence-corrected chi connectivity index (χ1v) is 9.83. The maximum absolute atomic E-state index is 12.5. The van der Waals surface area contributed by atoms with Crippen LogP contribution < -0.4 is 5.56 Å². The molecule has 132 valence electrons. The van der Waals surface area contributed by atoms with Crippen LogP contribution in [0.2, 0.25) is 0 Å². The molecule has 1 aliphatic rings. The van der Waals surface area contributed by atoms with Crippen LogP contribution in [-0.2, 0) is 13.0 Å². The Morgan fingerprint density at radius 3 is 3.12 bits per heavy atom. The van der Waals surface area contributed by atoms with E-state index >= 15 is 0 Å². The molecule has 4 aromatic rings. The lowest BCUT2D eigenvalue weighted by atomic mass is 9.98. The van der Waals surface area contributed by atoms with Crippen molar-refractivity contribution in [3.8, 4) is 0 Å². The maximum atomic E-state index is 12.5. The van der Waals surface area contributed by atoms with E-state index in [0.717, 1.165) is 24.8 Å². The summed E-state index contributed by atoms with van der Waals surface area (Å²) in [4.78, 5) is 24.1. The predicted molar refractivity (Wildman–Crippen MR) is 104 cm³/mol. The van der Waals surface area contributed by atoms with E-state index in [2.05, 4.69) is 28.3 Å². The van der Waals surface area contributed by atoms with E-state index in [4.69, 9.17) is 9.40 Å². The van der Waals surface area contributed by atoms with E-state index in [1.807, 2.05) is 35.6 Å². The van der Waals surface area contributed by atoms with E-state index in [-0.39, 0.29) is 5.56 Å². The van der Waals surface area contributed by atoms with Gasteiger partial charge in [0.1, 0.15) is 16.9 Å². The normalized spacial score (nSPS) is 17.8. The zero-order chi connectivity index (χ0) is 17.7. The monoisotopic (exact) mass is 365 g/mol. The molecule has 6 heteroatoms. The summed E-state index contributed by atoms with van der Waals surface area (Å²) < 4.78 is 5.69. The number of para-hydroxylation sites is 1. The van der Waals surface area contributed by atoms with Gasteiger partial charge in [0, 0.05) is 22.8 Å². The Hall–Kier alpha value is -2.44. The highest BCUT2D eigenvalue weighted by atomic mass is 32.1. The Bertz CT molecular complexity index is 1160. The van der Waals surface area contributed by atoms with Gasteiger partial charge in [-0.15, -0.1) is 11.3 Å². The molecule has 0 saturated carbocycles. The van der Waals surface area contributed by atoms with Gasteiger partial charge >= 0.3 is 0 Å². The number of rotatable bonds is 3. The fraction of sp³-hybridized carbons (Fsp3) is 0.300. The van der Waals surface area contributed by atoms with Crippen molar-refractivity contribution in [1.82, 2.24) is 14.9 Å². The van der Waals surface area contributed by atoms with E-state index in [0.29, 0.717) is 35.1 Å². The lowest BCUT2D eigenvalue weighted by molar-refractivity contribution is 0.168. The van der Waals surface area contributed by atoms with Gasteiger partial charge in [-0.3, -0.25) is 9.69 Å².